The number of aryl methyl sites for hydroxylation is 1. The summed E-state index contributed by atoms with van der Waals surface area (Å²) in [5, 5.41) is 1.10. The van der Waals surface area contributed by atoms with E-state index in [2.05, 4.69) is 66.1 Å². The van der Waals surface area contributed by atoms with Gasteiger partial charge in [0, 0.05) is 56.1 Å². The third-order valence-electron chi connectivity index (χ3n) is 5.47. The van der Waals surface area contributed by atoms with Crippen LogP contribution < -0.4 is 15.5 Å². The second kappa shape index (κ2) is 7.16. The van der Waals surface area contributed by atoms with Crippen LogP contribution in [-0.4, -0.2) is 43.2 Å². The van der Waals surface area contributed by atoms with Crippen molar-refractivity contribution in [3.8, 4) is 11.3 Å². The predicted molar refractivity (Wildman–Crippen MR) is 113 cm³/mol. The van der Waals surface area contributed by atoms with E-state index in [1.807, 2.05) is 12.3 Å². The van der Waals surface area contributed by atoms with Crippen LogP contribution in [0.4, 0.5) is 11.5 Å². The van der Waals surface area contributed by atoms with Crippen LogP contribution >= 0.6 is 0 Å². The van der Waals surface area contributed by atoms with Gasteiger partial charge in [0.05, 0.1) is 11.2 Å². The molecule has 5 heteroatoms. The Hall–Kier alpha value is -2.66. The first-order valence-corrected chi connectivity index (χ1v) is 9.59. The van der Waals surface area contributed by atoms with Crippen LogP contribution in [0.3, 0.4) is 0 Å². The minimum absolute atomic E-state index is 0.356. The van der Waals surface area contributed by atoms with Gasteiger partial charge in [-0.2, -0.15) is 0 Å². The molecule has 0 saturated carbocycles. The Bertz CT molecular complexity index is 966. The molecule has 2 aromatic heterocycles. The maximum absolute atomic E-state index is 6.03. The van der Waals surface area contributed by atoms with Crippen LogP contribution in [0, 0.1) is 6.92 Å². The first-order chi connectivity index (χ1) is 13.1. The second-order valence-electron chi connectivity index (χ2n) is 7.52. The smallest absolute Gasteiger partial charge is 0.139 e. The van der Waals surface area contributed by atoms with Crippen LogP contribution in [0.1, 0.15) is 18.4 Å². The number of fused-ring (bicyclic) bond motifs is 1. The number of anilines is 2. The molecule has 3 heterocycles. The molecule has 2 N–H and O–H groups in total. The molecular weight excluding hydrogens is 334 g/mol. The van der Waals surface area contributed by atoms with Gasteiger partial charge in [-0.3, -0.25) is 4.98 Å². The summed E-state index contributed by atoms with van der Waals surface area (Å²) < 4.78 is 0. The average molecular weight is 361 g/mol. The number of benzene rings is 1. The van der Waals surface area contributed by atoms with Gasteiger partial charge in [-0.1, -0.05) is 6.07 Å². The molecule has 1 saturated heterocycles. The zero-order valence-corrected chi connectivity index (χ0v) is 16.3. The fraction of sp³-hybridized carbons (Fsp3) is 0.364. The fourth-order valence-corrected chi connectivity index (χ4v) is 4.10. The normalized spacial score (nSPS) is 16.9. The lowest BCUT2D eigenvalue weighted by Crippen LogP contribution is -2.36. The van der Waals surface area contributed by atoms with E-state index in [0.29, 0.717) is 12.6 Å². The first kappa shape index (κ1) is 17.7. The minimum atomic E-state index is 0.356. The van der Waals surface area contributed by atoms with Gasteiger partial charge < -0.3 is 15.5 Å². The molecular formula is C22H27N5. The van der Waals surface area contributed by atoms with Gasteiger partial charge in [0.25, 0.3) is 0 Å². The highest BCUT2D eigenvalue weighted by Crippen LogP contribution is 2.34. The van der Waals surface area contributed by atoms with Gasteiger partial charge in [-0.05, 0) is 55.7 Å². The van der Waals surface area contributed by atoms with Gasteiger partial charge in [0.15, 0.2) is 0 Å². The average Bonchev–Trinajstić information content (AvgIpc) is 3.15. The molecule has 1 aromatic carbocycles. The number of hydrogen-bond donors (Lipinski definition) is 1. The molecule has 0 amide bonds. The molecule has 1 unspecified atom stereocenters. The third kappa shape index (κ3) is 3.23. The monoisotopic (exact) mass is 361 g/mol. The summed E-state index contributed by atoms with van der Waals surface area (Å²) in [6.07, 6.45) is 4.13. The van der Waals surface area contributed by atoms with E-state index in [0.717, 1.165) is 47.4 Å². The number of nitrogens with zero attached hydrogens (tertiary/aromatic N) is 4. The van der Waals surface area contributed by atoms with Gasteiger partial charge >= 0.3 is 0 Å². The summed E-state index contributed by atoms with van der Waals surface area (Å²) in [6, 6.07) is 13.1. The summed E-state index contributed by atoms with van der Waals surface area (Å²) in [4.78, 5) is 14.2. The first-order valence-electron chi connectivity index (χ1n) is 9.59. The summed E-state index contributed by atoms with van der Waals surface area (Å²) in [6.45, 7) is 3.80. The molecule has 0 bridgehead atoms. The third-order valence-corrected chi connectivity index (χ3v) is 5.47. The highest BCUT2D eigenvalue weighted by atomic mass is 15.2. The summed E-state index contributed by atoms with van der Waals surface area (Å²) in [7, 11) is 4.14. The van der Waals surface area contributed by atoms with E-state index in [9.17, 15) is 0 Å². The quantitative estimate of drug-likeness (QED) is 0.769. The molecule has 1 aliphatic rings. The molecule has 1 aliphatic heterocycles. The molecule has 0 spiro atoms. The second-order valence-corrected chi connectivity index (χ2v) is 7.52. The van der Waals surface area contributed by atoms with E-state index < -0.39 is 0 Å². The number of nitrogens with two attached hydrogens (primary N) is 1. The van der Waals surface area contributed by atoms with Crippen molar-refractivity contribution in [3.63, 3.8) is 0 Å². The standard InChI is InChI=1S/C22H27N5/c1-15-12-16(8-9-21(15)26(2)3)19-13-20-18(7-4-10-24-20)22(25-19)27-11-5-6-17(27)14-23/h4,7-10,12-13,17H,5-6,11,14,23H2,1-3H3. The maximum Gasteiger partial charge on any atom is 0.139 e. The Balaban J connectivity index is 1.86. The van der Waals surface area contributed by atoms with E-state index in [4.69, 9.17) is 10.7 Å². The number of rotatable bonds is 4. The molecule has 0 radical (unpaired) electrons. The molecule has 4 rings (SSSR count). The van der Waals surface area contributed by atoms with Crippen molar-refractivity contribution in [3.05, 3.63) is 48.2 Å². The van der Waals surface area contributed by atoms with E-state index in [-0.39, 0.29) is 0 Å². The summed E-state index contributed by atoms with van der Waals surface area (Å²) in [5.41, 5.74) is 11.6. The van der Waals surface area contributed by atoms with E-state index in [1.165, 1.54) is 11.3 Å². The molecule has 5 nitrogen and oxygen atoms in total. The van der Waals surface area contributed by atoms with E-state index in [1.54, 1.807) is 0 Å². The van der Waals surface area contributed by atoms with Crippen molar-refractivity contribution in [2.45, 2.75) is 25.8 Å². The van der Waals surface area contributed by atoms with Gasteiger partial charge in [0.1, 0.15) is 5.82 Å². The molecule has 3 aromatic rings. The Morgan fingerprint density at radius 2 is 2.07 bits per heavy atom. The van der Waals surface area contributed by atoms with Gasteiger partial charge in [-0.15, -0.1) is 0 Å². The van der Waals surface area contributed by atoms with Crippen molar-refractivity contribution in [2.24, 2.45) is 5.73 Å². The van der Waals surface area contributed by atoms with Crippen molar-refractivity contribution in [2.75, 3.05) is 37.0 Å². The number of aromatic nitrogens is 2. The Labute approximate surface area is 160 Å². The molecule has 140 valence electrons. The largest absolute Gasteiger partial charge is 0.377 e. The minimum Gasteiger partial charge on any atom is -0.377 e. The number of pyridine rings is 2. The lowest BCUT2D eigenvalue weighted by Gasteiger charge is -2.26. The van der Waals surface area contributed by atoms with Crippen LogP contribution in [0.15, 0.2) is 42.6 Å². The Morgan fingerprint density at radius 3 is 2.81 bits per heavy atom. The highest BCUT2D eigenvalue weighted by molar-refractivity contribution is 5.92. The van der Waals surface area contributed by atoms with Crippen LogP contribution in [0.25, 0.3) is 22.2 Å². The topological polar surface area (TPSA) is 58.3 Å². The van der Waals surface area contributed by atoms with Gasteiger partial charge in [-0.25, -0.2) is 4.98 Å². The zero-order chi connectivity index (χ0) is 19.0. The molecule has 27 heavy (non-hydrogen) atoms. The van der Waals surface area contributed by atoms with Crippen molar-refractivity contribution >= 4 is 22.4 Å². The van der Waals surface area contributed by atoms with E-state index >= 15 is 0 Å². The van der Waals surface area contributed by atoms with Crippen LogP contribution in [-0.2, 0) is 0 Å². The summed E-state index contributed by atoms with van der Waals surface area (Å²) in [5.74, 6) is 1.01. The van der Waals surface area contributed by atoms with Crippen LogP contribution in [0.2, 0.25) is 0 Å². The summed E-state index contributed by atoms with van der Waals surface area (Å²) >= 11 is 0. The lowest BCUT2D eigenvalue weighted by molar-refractivity contribution is 0.673. The van der Waals surface area contributed by atoms with Crippen molar-refractivity contribution in [1.82, 2.24) is 9.97 Å². The fourth-order valence-electron chi connectivity index (χ4n) is 4.10. The Kier molecular flexibility index (Phi) is 4.70. The zero-order valence-electron chi connectivity index (χ0n) is 16.3. The van der Waals surface area contributed by atoms with Crippen molar-refractivity contribution < 1.29 is 0 Å². The predicted octanol–water partition coefficient (Wildman–Crippen LogP) is 3.60. The Morgan fingerprint density at radius 1 is 1.22 bits per heavy atom. The SMILES string of the molecule is Cc1cc(-c2cc3ncccc3c(N3CCCC3CN)n2)ccc1N(C)C. The molecule has 1 fully saturated rings. The molecule has 1 atom stereocenters. The number of hydrogen-bond acceptors (Lipinski definition) is 5. The molecule has 0 aliphatic carbocycles. The van der Waals surface area contributed by atoms with Crippen LogP contribution in [0.5, 0.6) is 0 Å². The highest BCUT2D eigenvalue weighted by Gasteiger charge is 2.26. The van der Waals surface area contributed by atoms with Crippen molar-refractivity contribution in [1.29, 1.82) is 0 Å². The van der Waals surface area contributed by atoms with Gasteiger partial charge in [0.2, 0.25) is 0 Å². The lowest BCUT2D eigenvalue weighted by atomic mass is 10.0. The maximum atomic E-state index is 6.03.